The second-order valence-corrected chi connectivity index (χ2v) is 8.25. The fraction of sp³-hybridized carbons (Fsp3) is 0.160. The summed E-state index contributed by atoms with van der Waals surface area (Å²) in [6.07, 6.45) is -3.11. The molecule has 0 radical (unpaired) electrons. The molecular weight excluding hydrogens is 505 g/mol. The second kappa shape index (κ2) is 9.94. The zero-order chi connectivity index (χ0) is 26.9. The SMILES string of the molecule is CC(NC(=O)C(O)c1ccc(-c2noc(-c3onc(-c4ccccc4)c3C(F)(F)F)n2)cc1)c1ncc[nH]1. The van der Waals surface area contributed by atoms with E-state index in [2.05, 4.69) is 30.6 Å². The number of amides is 1. The minimum atomic E-state index is -4.80. The number of nitrogens with zero attached hydrogens (tertiary/aromatic N) is 4. The summed E-state index contributed by atoms with van der Waals surface area (Å²) in [5.74, 6) is -1.34. The molecule has 0 saturated heterocycles. The molecule has 0 aliphatic carbocycles. The molecule has 2 aromatic carbocycles. The van der Waals surface area contributed by atoms with E-state index in [0.717, 1.165) is 0 Å². The van der Waals surface area contributed by atoms with Crippen molar-refractivity contribution >= 4 is 5.91 Å². The first-order valence-electron chi connectivity index (χ1n) is 11.3. The monoisotopic (exact) mass is 524 g/mol. The molecule has 0 aliphatic heterocycles. The Kier molecular flexibility index (Phi) is 6.51. The first-order valence-corrected chi connectivity index (χ1v) is 11.3. The summed E-state index contributed by atoms with van der Waals surface area (Å²) in [5.41, 5.74) is -0.662. The number of aliphatic hydroxyl groups excluding tert-OH is 1. The number of carbonyl (C=O) groups is 1. The van der Waals surface area contributed by atoms with Crippen LogP contribution in [0.2, 0.25) is 0 Å². The lowest BCUT2D eigenvalue weighted by molar-refractivity contribution is -0.137. The third-order valence-electron chi connectivity index (χ3n) is 5.66. The predicted octanol–water partition coefficient (Wildman–Crippen LogP) is 4.71. The first-order chi connectivity index (χ1) is 18.2. The molecule has 38 heavy (non-hydrogen) atoms. The predicted molar refractivity (Wildman–Crippen MR) is 126 cm³/mol. The highest BCUT2D eigenvalue weighted by Crippen LogP contribution is 2.43. The van der Waals surface area contributed by atoms with Gasteiger partial charge in [0.25, 0.3) is 11.8 Å². The Hall–Kier alpha value is -4.78. The Labute approximate surface area is 212 Å². The Balaban J connectivity index is 1.36. The van der Waals surface area contributed by atoms with Gasteiger partial charge in [-0.25, -0.2) is 4.98 Å². The lowest BCUT2D eigenvalue weighted by Crippen LogP contribution is -2.32. The topological polar surface area (TPSA) is 143 Å². The maximum absolute atomic E-state index is 13.9. The lowest BCUT2D eigenvalue weighted by atomic mass is 10.1. The summed E-state index contributed by atoms with van der Waals surface area (Å²) < 4.78 is 51.9. The third kappa shape index (κ3) is 4.91. The van der Waals surface area contributed by atoms with Crippen LogP contribution in [0.1, 0.15) is 36.0 Å². The van der Waals surface area contributed by atoms with E-state index in [1.165, 1.54) is 36.4 Å². The van der Waals surface area contributed by atoms with E-state index in [1.54, 1.807) is 37.5 Å². The molecule has 194 valence electrons. The molecule has 0 fully saturated rings. The van der Waals surface area contributed by atoms with Gasteiger partial charge in [0.2, 0.25) is 11.6 Å². The van der Waals surface area contributed by atoms with Gasteiger partial charge in [-0.1, -0.05) is 64.9 Å². The van der Waals surface area contributed by atoms with Gasteiger partial charge in [0.1, 0.15) is 17.1 Å². The van der Waals surface area contributed by atoms with Gasteiger partial charge in [0.15, 0.2) is 6.10 Å². The van der Waals surface area contributed by atoms with Crippen LogP contribution in [0.3, 0.4) is 0 Å². The van der Waals surface area contributed by atoms with Crippen molar-refractivity contribution < 1.29 is 32.1 Å². The van der Waals surface area contributed by atoms with Gasteiger partial charge in [0.05, 0.1) is 6.04 Å². The van der Waals surface area contributed by atoms with E-state index in [-0.39, 0.29) is 17.0 Å². The average molecular weight is 524 g/mol. The van der Waals surface area contributed by atoms with Crippen molar-refractivity contribution in [2.45, 2.75) is 25.2 Å². The van der Waals surface area contributed by atoms with Crippen LogP contribution in [-0.4, -0.2) is 36.3 Å². The molecule has 3 N–H and O–H groups in total. The number of halogens is 3. The van der Waals surface area contributed by atoms with Crippen molar-refractivity contribution in [2.75, 3.05) is 0 Å². The highest BCUT2D eigenvalue weighted by atomic mass is 19.4. The molecule has 0 saturated carbocycles. The van der Waals surface area contributed by atoms with Crippen LogP contribution in [0.25, 0.3) is 34.3 Å². The minimum absolute atomic E-state index is 0.0253. The standard InChI is InChI=1S/C25H19F3N6O4/c1-13(21-29-11-12-30-21)31-23(36)19(35)15-7-9-16(10-8-15)22-32-24(38-34-22)20-17(25(26,27)28)18(33-37-20)14-5-3-2-4-6-14/h2-13,19,35H,1H3,(H,29,30)(H,31,36). The van der Waals surface area contributed by atoms with Crippen molar-refractivity contribution in [3.8, 4) is 34.3 Å². The number of H-pyrrole nitrogens is 1. The van der Waals surface area contributed by atoms with Crippen LogP contribution in [0, 0.1) is 0 Å². The van der Waals surface area contributed by atoms with Crippen molar-refractivity contribution in [1.29, 1.82) is 0 Å². The summed E-state index contributed by atoms with van der Waals surface area (Å²) in [6.45, 7) is 1.71. The van der Waals surface area contributed by atoms with Crippen LogP contribution < -0.4 is 5.32 Å². The van der Waals surface area contributed by atoms with Crippen molar-refractivity contribution in [3.63, 3.8) is 0 Å². The summed E-state index contributed by atoms with van der Waals surface area (Å²) >= 11 is 0. The van der Waals surface area contributed by atoms with Crippen LogP contribution in [0.5, 0.6) is 0 Å². The van der Waals surface area contributed by atoms with Crippen LogP contribution in [-0.2, 0) is 11.0 Å². The van der Waals surface area contributed by atoms with Crippen LogP contribution in [0.15, 0.2) is 76.0 Å². The number of benzene rings is 2. The lowest BCUT2D eigenvalue weighted by Gasteiger charge is -2.15. The number of alkyl halides is 3. The largest absolute Gasteiger partial charge is 0.422 e. The fourth-order valence-corrected chi connectivity index (χ4v) is 3.77. The zero-order valence-corrected chi connectivity index (χ0v) is 19.6. The van der Waals surface area contributed by atoms with E-state index < -0.39 is 47.1 Å². The minimum Gasteiger partial charge on any atom is -0.378 e. The summed E-state index contributed by atoms with van der Waals surface area (Å²) in [7, 11) is 0. The number of carbonyl (C=O) groups excluding carboxylic acids is 1. The van der Waals surface area contributed by atoms with Crippen molar-refractivity contribution in [1.82, 2.24) is 30.6 Å². The van der Waals surface area contributed by atoms with E-state index in [9.17, 15) is 23.1 Å². The third-order valence-corrected chi connectivity index (χ3v) is 5.66. The number of rotatable bonds is 7. The highest BCUT2D eigenvalue weighted by molar-refractivity contribution is 5.82. The van der Waals surface area contributed by atoms with Crippen molar-refractivity contribution in [2.24, 2.45) is 0 Å². The summed E-state index contributed by atoms with van der Waals surface area (Å²) in [4.78, 5) is 23.4. The molecule has 2 unspecified atom stereocenters. The number of aromatic nitrogens is 5. The molecule has 0 bridgehead atoms. The van der Waals surface area contributed by atoms with E-state index in [0.29, 0.717) is 11.4 Å². The molecule has 3 aromatic heterocycles. The van der Waals surface area contributed by atoms with Gasteiger partial charge < -0.3 is 24.5 Å². The Morgan fingerprint density at radius 1 is 1.03 bits per heavy atom. The smallest absolute Gasteiger partial charge is 0.378 e. The van der Waals surface area contributed by atoms with E-state index in [4.69, 9.17) is 9.05 Å². The summed E-state index contributed by atoms with van der Waals surface area (Å²) in [6, 6.07) is 13.3. The molecule has 10 nitrogen and oxygen atoms in total. The van der Waals surface area contributed by atoms with Gasteiger partial charge in [-0.3, -0.25) is 4.79 Å². The molecule has 0 aliphatic rings. The van der Waals surface area contributed by atoms with Gasteiger partial charge in [-0.15, -0.1) is 0 Å². The van der Waals surface area contributed by atoms with Crippen LogP contribution >= 0.6 is 0 Å². The molecule has 1 amide bonds. The maximum Gasteiger partial charge on any atom is 0.422 e. The van der Waals surface area contributed by atoms with Gasteiger partial charge >= 0.3 is 6.18 Å². The number of hydrogen-bond donors (Lipinski definition) is 3. The van der Waals surface area contributed by atoms with Crippen LogP contribution in [0.4, 0.5) is 13.2 Å². The molecule has 2 atom stereocenters. The quantitative estimate of drug-likeness (QED) is 0.278. The Morgan fingerprint density at radius 3 is 2.42 bits per heavy atom. The second-order valence-electron chi connectivity index (χ2n) is 8.25. The molecule has 13 heteroatoms. The Morgan fingerprint density at radius 2 is 1.76 bits per heavy atom. The number of imidazole rings is 1. The number of aliphatic hydroxyl groups is 1. The van der Waals surface area contributed by atoms with E-state index >= 15 is 0 Å². The molecule has 5 rings (SSSR count). The number of aromatic amines is 1. The van der Waals surface area contributed by atoms with E-state index in [1.807, 2.05) is 0 Å². The fourth-order valence-electron chi connectivity index (χ4n) is 3.77. The average Bonchev–Trinajstić information content (AvgIpc) is 3.69. The zero-order valence-electron chi connectivity index (χ0n) is 19.6. The molecule has 3 heterocycles. The van der Waals surface area contributed by atoms with Gasteiger partial charge in [-0.2, -0.15) is 18.2 Å². The Bertz CT molecular complexity index is 1530. The number of nitrogens with one attached hydrogen (secondary N) is 2. The maximum atomic E-state index is 13.9. The number of hydrogen-bond acceptors (Lipinski definition) is 8. The highest BCUT2D eigenvalue weighted by Gasteiger charge is 2.43. The van der Waals surface area contributed by atoms with Crippen molar-refractivity contribution in [3.05, 3.63) is 83.9 Å². The normalized spacial score (nSPS) is 13.3. The first kappa shape index (κ1) is 24.9. The molecule has 5 aromatic rings. The van der Waals surface area contributed by atoms with Gasteiger partial charge in [-0.05, 0) is 12.5 Å². The van der Waals surface area contributed by atoms with Gasteiger partial charge in [0, 0.05) is 23.5 Å². The molecule has 0 spiro atoms. The summed E-state index contributed by atoms with van der Waals surface area (Å²) in [5, 5.41) is 20.4. The molecular formula is C25H19F3N6O4.